The standard InChI is InChI=1S/C25H20N2O3.C23H19N3O2.C22H20N4O.C21H19N5O/c1-2-24(29)26-14-19(15-26)16-7-8-22-18(11-16)9-10-27(25(22)30)23-13-20(28)12-17-5-3-4-6-21(17)23;1-2-22(28)26-12-16(13-26)14-7-8-20-21(10-14)25-23(24-20)19-11-17(27)9-15-5-3-4-6-18(15)19;1-3-21(27)26-11-16(12-26)14-5-7-18-15(8-14)9-20(24-18)22-13(2)4-6-19-17(22)10-23-25-19;1-3-19(27)26-10-14(11-26)13-5-7-17-18(8-13)24-21(23-17)20-12(2)4-6-16-15(20)9-22-25-16/h2-13,19,28H,1,14-15H2;2-11,16,27H,1,12-13H2,(H,24,25);3-10,16,24H,1,11-12H2,2H3,(H,23,25);3-9,14H,1,10-11H2,2H3,(H,22,25)(H,23,24). The first-order valence-electron chi connectivity index (χ1n) is 37.2. The number of aromatic hydroxyl groups is 2. The van der Waals surface area contributed by atoms with E-state index in [1.807, 2.05) is 113 Å². The van der Waals surface area contributed by atoms with Gasteiger partial charge in [-0.2, -0.15) is 10.2 Å². The summed E-state index contributed by atoms with van der Waals surface area (Å²) in [4.78, 5) is 87.0. The minimum absolute atomic E-state index is 0.000151. The number of benzene rings is 10. The zero-order valence-electron chi connectivity index (χ0n) is 61.6. The van der Waals surface area contributed by atoms with Gasteiger partial charge >= 0.3 is 0 Å². The lowest BCUT2D eigenvalue weighted by Crippen LogP contribution is -2.47. The van der Waals surface area contributed by atoms with Crippen LogP contribution in [-0.2, 0) is 19.2 Å². The van der Waals surface area contributed by atoms with Crippen LogP contribution in [0.3, 0.4) is 0 Å². The van der Waals surface area contributed by atoms with E-state index in [0.29, 0.717) is 55.0 Å². The number of carbonyl (C=O) groups excluding carboxylic acids is 4. The quantitative estimate of drug-likeness (QED) is 0.0565. The molecule has 4 aliphatic rings. The van der Waals surface area contributed by atoms with E-state index in [-0.39, 0.29) is 46.6 Å². The van der Waals surface area contributed by atoms with Gasteiger partial charge in [0.1, 0.15) is 23.1 Å². The summed E-state index contributed by atoms with van der Waals surface area (Å²) in [6.07, 6.45) is 10.9. The Hall–Kier alpha value is -14.2. The third-order valence-electron chi connectivity index (χ3n) is 22.3. The summed E-state index contributed by atoms with van der Waals surface area (Å²) in [5.74, 6) is 3.24. The van der Waals surface area contributed by atoms with Gasteiger partial charge in [-0.25, -0.2) is 9.97 Å². The van der Waals surface area contributed by atoms with Crippen LogP contribution in [0.4, 0.5) is 0 Å². The third-order valence-corrected chi connectivity index (χ3v) is 22.3. The van der Waals surface area contributed by atoms with Gasteiger partial charge in [-0.1, -0.05) is 117 Å². The van der Waals surface area contributed by atoms with Crippen molar-refractivity contribution < 1.29 is 29.4 Å². The Kier molecular flexibility index (Phi) is 18.4. The average Bonchev–Trinajstić information content (AvgIpc) is 1.69. The molecule has 6 aromatic heterocycles. The number of phenols is 2. The van der Waals surface area contributed by atoms with E-state index in [9.17, 15) is 34.2 Å². The van der Waals surface area contributed by atoms with Crippen LogP contribution in [0, 0.1) is 13.8 Å². The molecule has 21 nitrogen and oxygen atoms in total. The highest BCUT2D eigenvalue weighted by Crippen LogP contribution is 2.40. The maximum atomic E-state index is 13.2. The molecule has 7 N–H and O–H groups in total. The Labute approximate surface area is 642 Å². The van der Waals surface area contributed by atoms with Crippen LogP contribution in [-0.4, -0.2) is 156 Å². The Bertz CT molecular complexity index is 6400. The van der Waals surface area contributed by atoms with E-state index in [2.05, 4.69) is 142 Å². The highest BCUT2D eigenvalue weighted by molar-refractivity contribution is 6.01. The number of amides is 4. The lowest BCUT2D eigenvalue weighted by Gasteiger charge is -2.39. The van der Waals surface area contributed by atoms with Crippen LogP contribution in [0.5, 0.6) is 11.5 Å². The number of rotatable bonds is 12. The normalized spacial score (nSPS) is 14.4. The van der Waals surface area contributed by atoms with Crippen molar-refractivity contribution in [2.45, 2.75) is 37.5 Å². The second-order valence-corrected chi connectivity index (χ2v) is 29.2. The molecule has 4 amide bonds. The number of carbonyl (C=O) groups is 4. The largest absolute Gasteiger partial charge is 0.508 e. The van der Waals surface area contributed by atoms with E-state index in [4.69, 9.17) is 9.97 Å². The Morgan fingerprint density at radius 1 is 0.411 bits per heavy atom. The summed E-state index contributed by atoms with van der Waals surface area (Å²) in [7, 11) is 0. The van der Waals surface area contributed by atoms with Crippen molar-refractivity contribution in [2.75, 3.05) is 52.4 Å². The van der Waals surface area contributed by atoms with Crippen molar-refractivity contribution in [3.05, 3.63) is 295 Å². The lowest BCUT2D eigenvalue weighted by atomic mass is 9.90. The van der Waals surface area contributed by atoms with Crippen molar-refractivity contribution in [1.82, 2.24) is 69.5 Å². The smallest absolute Gasteiger partial charge is 0.262 e. The fourth-order valence-corrected chi connectivity index (χ4v) is 15.9. The average molecular weight is 1480 g/mol. The van der Waals surface area contributed by atoms with Gasteiger partial charge in [0.15, 0.2) is 0 Å². The summed E-state index contributed by atoms with van der Waals surface area (Å²) < 4.78 is 1.58. The van der Waals surface area contributed by atoms with Gasteiger partial charge in [0.25, 0.3) is 5.56 Å². The zero-order chi connectivity index (χ0) is 77.2. The van der Waals surface area contributed by atoms with Gasteiger partial charge in [0, 0.05) is 143 Å². The second kappa shape index (κ2) is 29.1. The zero-order valence-corrected chi connectivity index (χ0v) is 61.6. The van der Waals surface area contributed by atoms with Gasteiger partial charge < -0.3 is 44.8 Å². The van der Waals surface area contributed by atoms with E-state index >= 15 is 0 Å². The number of H-pyrrole nitrogens is 5. The molecule has 0 bridgehead atoms. The van der Waals surface area contributed by atoms with Crippen LogP contribution < -0.4 is 5.56 Å². The maximum Gasteiger partial charge on any atom is 0.262 e. The molecule has 0 atom stereocenters. The summed E-state index contributed by atoms with van der Waals surface area (Å²) in [5.41, 5.74) is 18.9. The number of hydrogen-bond acceptors (Lipinski definition) is 11. The molecule has 21 heteroatoms. The third kappa shape index (κ3) is 13.3. The SMILES string of the molecule is C=CC(=O)N1CC(c2ccc3[nH]c(-c4c(C)ccc5[nH]ncc45)cc3c2)C1.C=CC(=O)N1CC(c2ccc3c(=O)n(-c4cc(O)cc5ccccc45)ccc3c2)C1.C=CC(=O)N1CC(c2ccc3nc(-c4c(C)ccc5[nH]ncc45)[nH]c3c2)C1.C=CC(=O)N1CC(c2ccc3nc(-c4cc(O)cc5ccccc45)[nH]c3c2)C1. The number of hydrogen-bond donors (Lipinski definition) is 7. The number of pyridine rings is 1. The van der Waals surface area contributed by atoms with Gasteiger partial charge in [-0.05, 0) is 178 Å². The van der Waals surface area contributed by atoms with Crippen LogP contribution in [0.1, 0.15) is 57.1 Å². The van der Waals surface area contributed by atoms with Crippen LogP contribution in [0.25, 0.3) is 127 Å². The number of aryl methyl sites for hydroxylation is 2. The van der Waals surface area contributed by atoms with Crippen molar-refractivity contribution in [2.24, 2.45) is 0 Å². The fraction of sp³-hybridized carbons (Fsp3) is 0.154. The predicted octanol–water partition coefficient (Wildman–Crippen LogP) is 15.8. The summed E-state index contributed by atoms with van der Waals surface area (Å²) >= 11 is 0. The minimum Gasteiger partial charge on any atom is -0.508 e. The molecule has 0 radical (unpaired) electrons. The maximum absolute atomic E-state index is 13.2. The Morgan fingerprint density at radius 2 is 0.848 bits per heavy atom. The highest BCUT2D eigenvalue weighted by Gasteiger charge is 2.34. The number of likely N-dealkylation sites (tertiary alicyclic amines) is 4. The number of nitrogens with one attached hydrogen (secondary N) is 5. The molecule has 112 heavy (non-hydrogen) atoms. The highest BCUT2D eigenvalue weighted by atomic mass is 16.3. The first kappa shape index (κ1) is 70.8. The molecular formula is C91H78N14O7. The van der Waals surface area contributed by atoms with Crippen LogP contribution >= 0.6 is 0 Å². The van der Waals surface area contributed by atoms with Gasteiger partial charge in [-0.3, -0.25) is 38.7 Å². The van der Waals surface area contributed by atoms with E-state index in [0.717, 1.165) is 142 Å². The summed E-state index contributed by atoms with van der Waals surface area (Å²) in [6, 6.07) is 59.7. The Balaban J connectivity index is 0.000000108. The molecular weight excluding hydrogens is 1400 g/mol. The molecule has 0 aliphatic carbocycles. The van der Waals surface area contributed by atoms with Crippen molar-refractivity contribution in [3.8, 4) is 51.2 Å². The Morgan fingerprint density at radius 3 is 1.40 bits per heavy atom. The number of phenolic OH excluding ortho intramolecular Hbond substituents is 2. The molecule has 10 aromatic carbocycles. The van der Waals surface area contributed by atoms with Crippen molar-refractivity contribution in [1.29, 1.82) is 0 Å². The van der Waals surface area contributed by atoms with Gasteiger partial charge in [0.05, 0.1) is 51.2 Å². The molecule has 0 saturated carbocycles. The molecule has 4 saturated heterocycles. The second-order valence-electron chi connectivity index (χ2n) is 29.2. The summed E-state index contributed by atoms with van der Waals surface area (Å²) in [5, 5.41) is 43.3. The monoisotopic (exact) mass is 1480 g/mol. The molecule has 554 valence electrons. The number of imidazole rings is 2. The fourth-order valence-electron chi connectivity index (χ4n) is 15.9. The molecule has 16 aromatic rings. The number of aromatic amines is 5. The first-order valence-corrected chi connectivity index (χ1v) is 37.2. The van der Waals surface area contributed by atoms with Crippen molar-refractivity contribution in [3.63, 3.8) is 0 Å². The van der Waals surface area contributed by atoms with E-state index in [1.54, 1.807) is 44.8 Å². The minimum atomic E-state index is -0.133. The lowest BCUT2D eigenvalue weighted by molar-refractivity contribution is -0.131. The molecule has 0 unspecified atom stereocenters. The molecule has 4 aliphatic heterocycles. The number of fused-ring (bicyclic) bond motifs is 8. The van der Waals surface area contributed by atoms with E-state index < -0.39 is 0 Å². The summed E-state index contributed by atoms with van der Waals surface area (Å²) in [6.45, 7) is 24.2. The molecule has 20 rings (SSSR count). The predicted molar refractivity (Wildman–Crippen MR) is 442 cm³/mol. The first-order chi connectivity index (χ1) is 54.4. The van der Waals surface area contributed by atoms with Gasteiger partial charge in [0.2, 0.25) is 23.6 Å². The van der Waals surface area contributed by atoms with Crippen molar-refractivity contribution >= 4 is 111 Å². The van der Waals surface area contributed by atoms with Crippen LogP contribution in [0.15, 0.2) is 256 Å². The molecule has 10 heterocycles. The number of nitrogens with zero attached hydrogens (tertiary/aromatic N) is 9. The number of aromatic nitrogens is 10. The molecule has 4 fully saturated rings. The van der Waals surface area contributed by atoms with Crippen LogP contribution in [0.2, 0.25) is 0 Å². The topological polar surface area (TPSA) is 274 Å². The van der Waals surface area contributed by atoms with Gasteiger partial charge in [-0.15, -0.1) is 0 Å². The molecule has 0 spiro atoms. The van der Waals surface area contributed by atoms with E-state index in [1.165, 1.54) is 57.5 Å².